The minimum atomic E-state index is 0.258. The zero-order chi connectivity index (χ0) is 7.98. The van der Waals surface area contributed by atoms with Crippen LogP contribution in [-0.2, 0) is 0 Å². The molecule has 0 saturated heterocycles. The van der Waals surface area contributed by atoms with Crippen molar-refractivity contribution in [3.05, 3.63) is 24.7 Å². The summed E-state index contributed by atoms with van der Waals surface area (Å²) in [6, 6.07) is 0. The van der Waals surface area contributed by atoms with E-state index in [1.165, 1.54) is 13.2 Å². The van der Waals surface area contributed by atoms with Gasteiger partial charge in [-0.05, 0) is 6.20 Å². The van der Waals surface area contributed by atoms with Crippen LogP contribution in [0.15, 0.2) is 24.7 Å². The number of nitrogens with zero attached hydrogens (tertiary/aromatic N) is 1. The first-order valence-corrected chi connectivity index (χ1v) is 3.30. The second-order valence-corrected chi connectivity index (χ2v) is 1.93. The molecular weight excluding hydrogens is 152 g/mol. The summed E-state index contributed by atoms with van der Waals surface area (Å²) in [6.07, 6.45) is 3.07. The van der Waals surface area contributed by atoms with Crippen LogP contribution in [0.2, 0.25) is 0 Å². The van der Waals surface area contributed by atoms with Gasteiger partial charge in [-0.3, -0.25) is 10.3 Å². The maximum Gasteiger partial charge on any atom is 0.0711 e. The molecule has 0 fully saturated rings. The number of alkyl halides is 1. The summed E-state index contributed by atoms with van der Waals surface area (Å²) in [7, 11) is 1.50. The Balaban J connectivity index is 3.90. The van der Waals surface area contributed by atoms with Crippen LogP contribution in [0.4, 0.5) is 0 Å². The van der Waals surface area contributed by atoms with Gasteiger partial charge in [0.1, 0.15) is 0 Å². The first kappa shape index (κ1) is 9.33. The summed E-state index contributed by atoms with van der Waals surface area (Å²) in [5.41, 5.74) is 0.585. The second kappa shape index (κ2) is 5.14. The molecule has 0 aliphatic rings. The van der Waals surface area contributed by atoms with Crippen LogP contribution >= 0.6 is 11.6 Å². The fourth-order valence-electron chi connectivity index (χ4n) is 0.374. The number of hydrogen-bond donors (Lipinski definition) is 2. The standard InChI is InChI=1S/C6H11ClN2O/c1-3-8-5-6(4-7)9(2)10/h3,5,8,10H,1,4H2,2H3/b6-5-. The molecule has 3 nitrogen and oxygen atoms in total. The van der Waals surface area contributed by atoms with Crippen LogP contribution in [0.1, 0.15) is 0 Å². The van der Waals surface area contributed by atoms with Gasteiger partial charge in [0.2, 0.25) is 0 Å². The van der Waals surface area contributed by atoms with Crippen LogP contribution < -0.4 is 5.32 Å². The molecule has 0 aromatic rings. The van der Waals surface area contributed by atoms with Crippen molar-refractivity contribution in [3.8, 4) is 0 Å². The van der Waals surface area contributed by atoms with Gasteiger partial charge in [-0.25, -0.2) is 0 Å². The zero-order valence-electron chi connectivity index (χ0n) is 5.84. The van der Waals surface area contributed by atoms with Crippen LogP contribution in [0.5, 0.6) is 0 Å². The molecular formula is C6H11ClN2O. The summed E-state index contributed by atoms with van der Waals surface area (Å²) >= 11 is 5.45. The van der Waals surface area contributed by atoms with E-state index in [2.05, 4.69) is 11.9 Å². The van der Waals surface area contributed by atoms with Crippen molar-refractivity contribution in [1.82, 2.24) is 10.4 Å². The summed E-state index contributed by atoms with van der Waals surface area (Å²) in [5.74, 6) is 0.258. The highest BCUT2D eigenvalue weighted by atomic mass is 35.5. The molecule has 0 heterocycles. The lowest BCUT2D eigenvalue weighted by Crippen LogP contribution is -2.15. The smallest absolute Gasteiger partial charge is 0.0711 e. The molecule has 4 heteroatoms. The van der Waals surface area contributed by atoms with E-state index in [1.54, 1.807) is 6.20 Å². The molecule has 0 aromatic heterocycles. The Kier molecular flexibility index (Phi) is 4.80. The minimum Gasteiger partial charge on any atom is -0.367 e. The summed E-state index contributed by atoms with van der Waals surface area (Å²) in [5, 5.41) is 12.5. The van der Waals surface area contributed by atoms with Gasteiger partial charge in [0.15, 0.2) is 0 Å². The number of rotatable bonds is 4. The van der Waals surface area contributed by atoms with E-state index >= 15 is 0 Å². The Morgan fingerprint density at radius 2 is 2.50 bits per heavy atom. The Bertz CT molecular complexity index is 134. The van der Waals surface area contributed by atoms with E-state index in [0.29, 0.717) is 5.70 Å². The second-order valence-electron chi connectivity index (χ2n) is 1.66. The molecule has 0 atom stereocenters. The Labute approximate surface area is 65.5 Å². The third kappa shape index (κ3) is 3.37. The molecule has 10 heavy (non-hydrogen) atoms. The summed E-state index contributed by atoms with van der Waals surface area (Å²) in [4.78, 5) is 0. The lowest BCUT2D eigenvalue weighted by Gasteiger charge is -2.11. The van der Waals surface area contributed by atoms with Gasteiger partial charge in [0, 0.05) is 13.2 Å². The molecule has 0 aliphatic carbocycles. The third-order valence-corrected chi connectivity index (χ3v) is 1.19. The molecule has 0 amide bonds. The van der Waals surface area contributed by atoms with Gasteiger partial charge in [-0.15, -0.1) is 11.6 Å². The van der Waals surface area contributed by atoms with E-state index in [0.717, 1.165) is 5.06 Å². The number of nitrogens with one attached hydrogen (secondary N) is 1. The number of allylic oxidation sites excluding steroid dienone is 1. The van der Waals surface area contributed by atoms with E-state index < -0.39 is 0 Å². The first-order valence-electron chi connectivity index (χ1n) is 2.77. The molecule has 58 valence electrons. The van der Waals surface area contributed by atoms with Crippen molar-refractivity contribution in [2.45, 2.75) is 0 Å². The topological polar surface area (TPSA) is 35.5 Å². The molecule has 0 saturated carbocycles. The predicted octanol–water partition coefficient (Wildman–Crippen LogP) is 1.12. The molecule has 0 spiro atoms. The molecule has 0 aliphatic heterocycles. The molecule has 0 aromatic carbocycles. The van der Waals surface area contributed by atoms with Gasteiger partial charge < -0.3 is 5.32 Å². The van der Waals surface area contributed by atoms with Gasteiger partial charge in [-0.1, -0.05) is 6.58 Å². The molecule has 0 bridgehead atoms. The normalized spacial score (nSPS) is 10.9. The molecule has 2 N–H and O–H groups in total. The van der Waals surface area contributed by atoms with Gasteiger partial charge in [-0.2, -0.15) is 0 Å². The Morgan fingerprint density at radius 1 is 1.90 bits per heavy atom. The summed E-state index contributed by atoms with van der Waals surface area (Å²) < 4.78 is 0. The predicted molar refractivity (Wildman–Crippen MR) is 41.7 cm³/mol. The van der Waals surface area contributed by atoms with E-state index in [4.69, 9.17) is 16.8 Å². The van der Waals surface area contributed by atoms with E-state index in [1.807, 2.05) is 0 Å². The minimum absolute atomic E-state index is 0.258. The first-order chi connectivity index (χ1) is 4.72. The summed E-state index contributed by atoms with van der Waals surface area (Å²) in [6.45, 7) is 3.43. The number of hydrogen-bond acceptors (Lipinski definition) is 3. The lowest BCUT2D eigenvalue weighted by molar-refractivity contribution is -0.0276. The van der Waals surface area contributed by atoms with E-state index in [9.17, 15) is 0 Å². The van der Waals surface area contributed by atoms with Gasteiger partial charge >= 0.3 is 0 Å². The van der Waals surface area contributed by atoms with Crippen LogP contribution in [-0.4, -0.2) is 23.2 Å². The fourth-order valence-corrected chi connectivity index (χ4v) is 0.624. The maximum atomic E-state index is 8.85. The van der Waals surface area contributed by atoms with Gasteiger partial charge in [0.25, 0.3) is 0 Å². The van der Waals surface area contributed by atoms with Crippen molar-refractivity contribution in [3.63, 3.8) is 0 Å². The SMILES string of the molecule is C=CN/C=C(/CCl)N(C)O. The molecule has 0 unspecified atom stereocenters. The van der Waals surface area contributed by atoms with Crippen molar-refractivity contribution in [1.29, 1.82) is 0 Å². The largest absolute Gasteiger partial charge is 0.367 e. The van der Waals surface area contributed by atoms with E-state index in [-0.39, 0.29) is 5.88 Å². The highest BCUT2D eigenvalue weighted by Crippen LogP contribution is 1.98. The highest BCUT2D eigenvalue weighted by molar-refractivity contribution is 6.19. The Hall–Kier alpha value is -0.670. The van der Waals surface area contributed by atoms with Crippen molar-refractivity contribution in [2.24, 2.45) is 0 Å². The number of halogens is 1. The average molecular weight is 163 g/mol. The van der Waals surface area contributed by atoms with Crippen molar-refractivity contribution in [2.75, 3.05) is 12.9 Å². The average Bonchev–Trinajstić information content (AvgIpc) is 1.89. The van der Waals surface area contributed by atoms with Crippen LogP contribution in [0, 0.1) is 0 Å². The van der Waals surface area contributed by atoms with Crippen LogP contribution in [0.3, 0.4) is 0 Å². The van der Waals surface area contributed by atoms with Crippen LogP contribution in [0.25, 0.3) is 0 Å². The van der Waals surface area contributed by atoms with Crippen molar-refractivity contribution >= 4 is 11.6 Å². The van der Waals surface area contributed by atoms with Crippen molar-refractivity contribution < 1.29 is 5.21 Å². The lowest BCUT2D eigenvalue weighted by atomic mass is 10.5. The zero-order valence-corrected chi connectivity index (χ0v) is 6.60. The monoisotopic (exact) mass is 162 g/mol. The maximum absolute atomic E-state index is 8.85. The molecule has 0 rings (SSSR count). The number of hydroxylamine groups is 2. The van der Waals surface area contributed by atoms with Gasteiger partial charge in [0.05, 0.1) is 11.6 Å². The highest BCUT2D eigenvalue weighted by Gasteiger charge is 1.96. The Morgan fingerprint density at radius 3 is 2.80 bits per heavy atom. The quantitative estimate of drug-likeness (QED) is 0.481. The fraction of sp³-hybridized carbons (Fsp3) is 0.333. The molecule has 0 radical (unpaired) electrons. The third-order valence-electron chi connectivity index (χ3n) is 0.920.